The maximum atomic E-state index is 11.7. The first-order valence-electron chi connectivity index (χ1n) is 4.92. The van der Waals surface area contributed by atoms with E-state index in [2.05, 4.69) is 15.9 Å². The van der Waals surface area contributed by atoms with E-state index in [1.165, 1.54) is 0 Å². The minimum Gasteiger partial charge on any atom is -0.405 e. The van der Waals surface area contributed by atoms with Crippen LogP contribution in [0.25, 0.3) is 0 Å². The molecule has 1 aromatic carbocycles. The Bertz CT molecular complexity index is 367. The van der Waals surface area contributed by atoms with Crippen LogP contribution in [0.3, 0.4) is 0 Å². The van der Waals surface area contributed by atoms with Crippen LogP contribution in [0.15, 0.2) is 24.3 Å². The summed E-state index contributed by atoms with van der Waals surface area (Å²) in [6.07, 6.45) is 0.968. The van der Waals surface area contributed by atoms with E-state index in [1.807, 2.05) is 18.2 Å². The van der Waals surface area contributed by atoms with Crippen LogP contribution in [-0.4, -0.2) is 29.3 Å². The zero-order valence-corrected chi connectivity index (χ0v) is 9.87. The zero-order valence-electron chi connectivity index (χ0n) is 8.28. The average molecular weight is 270 g/mol. The number of ketones is 1. The SMILES string of the molecule is O=C1CN(CCCBr)Oc2ccccc21. The fourth-order valence-electron chi connectivity index (χ4n) is 1.55. The summed E-state index contributed by atoms with van der Waals surface area (Å²) in [7, 11) is 0. The molecule has 0 atom stereocenters. The van der Waals surface area contributed by atoms with Crippen LogP contribution < -0.4 is 4.84 Å². The van der Waals surface area contributed by atoms with E-state index < -0.39 is 0 Å². The number of nitrogens with zero attached hydrogens (tertiary/aromatic N) is 1. The third kappa shape index (κ3) is 2.38. The van der Waals surface area contributed by atoms with Crippen LogP contribution in [0, 0.1) is 0 Å². The van der Waals surface area contributed by atoms with E-state index in [1.54, 1.807) is 11.1 Å². The molecule has 1 heterocycles. The van der Waals surface area contributed by atoms with Crippen molar-refractivity contribution in [3.63, 3.8) is 0 Å². The van der Waals surface area contributed by atoms with E-state index >= 15 is 0 Å². The number of fused-ring (bicyclic) bond motifs is 1. The fraction of sp³-hybridized carbons (Fsp3) is 0.364. The van der Waals surface area contributed by atoms with Gasteiger partial charge in [0.1, 0.15) is 0 Å². The number of hydroxylamine groups is 2. The van der Waals surface area contributed by atoms with Crippen LogP contribution >= 0.6 is 15.9 Å². The lowest BCUT2D eigenvalue weighted by Crippen LogP contribution is -2.38. The summed E-state index contributed by atoms with van der Waals surface area (Å²) < 4.78 is 0. The molecular weight excluding hydrogens is 258 g/mol. The molecule has 2 rings (SSSR count). The highest BCUT2D eigenvalue weighted by Gasteiger charge is 2.23. The Kier molecular flexibility index (Phi) is 3.38. The fourth-order valence-corrected chi connectivity index (χ4v) is 1.80. The van der Waals surface area contributed by atoms with Crippen LogP contribution in [0.2, 0.25) is 0 Å². The van der Waals surface area contributed by atoms with Gasteiger partial charge in [0.2, 0.25) is 0 Å². The van der Waals surface area contributed by atoms with Gasteiger partial charge in [0.15, 0.2) is 11.5 Å². The number of carbonyl (C=O) groups is 1. The lowest BCUT2D eigenvalue weighted by atomic mass is 10.1. The zero-order chi connectivity index (χ0) is 10.7. The van der Waals surface area contributed by atoms with Crippen molar-refractivity contribution in [1.29, 1.82) is 0 Å². The van der Waals surface area contributed by atoms with Crippen LogP contribution in [-0.2, 0) is 0 Å². The van der Waals surface area contributed by atoms with Gasteiger partial charge < -0.3 is 4.84 Å². The molecule has 1 aliphatic heterocycles. The molecule has 0 saturated heterocycles. The third-order valence-electron chi connectivity index (χ3n) is 2.28. The molecule has 4 heteroatoms. The van der Waals surface area contributed by atoms with Gasteiger partial charge in [0.05, 0.1) is 12.1 Å². The topological polar surface area (TPSA) is 29.5 Å². The smallest absolute Gasteiger partial charge is 0.184 e. The number of hydrogen-bond donors (Lipinski definition) is 0. The predicted molar refractivity (Wildman–Crippen MR) is 61.4 cm³/mol. The van der Waals surface area contributed by atoms with Gasteiger partial charge in [-0.2, -0.15) is 0 Å². The molecule has 0 aliphatic carbocycles. The van der Waals surface area contributed by atoms with E-state index in [4.69, 9.17) is 4.84 Å². The molecule has 0 saturated carbocycles. The summed E-state index contributed by atoms with van der Waals surface area (Å²) in [5, 5.41) is 2.63. The minimum absolute atomic E-state index is 0.131. The molecule has 1 aliphatic rings. The number of alkyl halides is 1. The highest BCUT2D eigenvalue weighted by Crippen LogP contribution is 2.23. The standard InChI is InChI=1S/C11H12BrNO2/c12-6-3-7-13-8-10(14)9-4-1-2-5-11(9)15-13/h1-2,4-5H,3,6-8H2. The lowest BCUT2D eigenvalue weighted by Gasteiger charge is -2.27. The molecular formula is C11H12BrNO2. The third-order valence-corrected chi connectivity index (χ3v) is 2.84. The van der Waals surface area contributed by atoms with Crippen LogP contribution in [0.4, 0.5) is 0 Å². The Labute approximate surface area is 97.1 Å². The molecule has 0 N–H and O–H groups in total. The Morgan fingerprint density at radius 1 is 1.40 bits per heavy atom. The van der Waals surface area contributed by atoms with Gasteiger partial charge in [-0.15, -0.1) is 5.06 Å². The van der Waals surface area contributed by atoms with E-state index in [9.17, 15) is 4.79 Å². The summed E-state index contributed by atoms with van der Waals surface area (Å²) in [6.45, 7) is 1.12. The van der Waals surface area contributed by atoms with Crippen molar-refractivity contribution >= 4 is 21.7 Å². The van der Waals surface area contributed by atoms with Gasteiger partial charge in [-0.1, -0.05) is 28.1 Å². The molecule has 1 aromatic rings. The summed E-state index contributed by atoms with van der Waals surface area (Å²) >= 11 is 3.36. The van der Waals surface area contributed by atoms with Gasteiger partial charge in [-0.3, -0.25) is 4.79 Å². The first-order valence-corrected chi connectivity index (χ1v) is 6.04. The van der Waals surface area contributed by atoms with Gasteiger partial charge in [-0.05, 0) is 18.6 Å². The molecule has 80 valence electrons. The number of Topliss-reactive ketones (excluding diaryl/α,β-unsaturated/α-hetero) is 1. The Hall–Kier alpha value is -0.870. The van der Waals surface area contributed by atoms with Gasteiger partial charge >= 0.3 is 0 Å². The Morgan fingerprint density at radius 3 is 3.00 bits per heavy atom. The highest BCUT2D eigenvalue weighted by atomic mass is 79.9. The largest absolute Gasteiger partial charge is 0.405 e. The van der Waals surface area contributed by atoms with Crippen LogP contribution in [0.5, 0.6) is 5.75 Å². The molecule has 15 heavy (non-hydrogen) atoms. The van der Waals surface area contributed by atoms with Crippen molar-refractivity contribution in [3.8, 4) is 5.75 Å². The maximum absolute atomic E-state index is 11.7. The molecule has 3 nitrogen and oxygen atoms in total. The molecule has 0 bridgehead atoms. The van der Waals surface area contributed by atoms with Crippen LogP contribution in [0.1, 0.15) is 16.8 Å². The van der Waals surface area contributed by atoms with Crippen molar-refractivity contribution in [2.75, 3.05) is 18.4 Å². The summed E-state index contributed by atoms with van der Waals surface area (Å²) in [6, 6.07) is 7.36. The number of rotatable bonds is 3. The number of para-hydroxylation sites is 1. The van der Waals surface area contributed by atoms with Gasteiger partial charge in [-0.25, -0.2) is 0 Å². The van der Waals surface area contributed by atoms with Crippen molar-refractivity contribution in [2.24, 2.45) is 0 Å². The molecule has 0 spiro atoms. The molecule has 0 radical (unpaired) electrons. The highest BCUT2D eigenvalue weighted by molar-refractivity contribution is 9.09. The Balaban J connectivity index is 2.12. The summed E-state index contributed by atoms with van der Waals surface area (Å²) in [4.78, 5) is 17.3. The second-order valence-corrected chi connectivity index (χ2v) is 4.21. The van der Waals surface area contributed by atoms with E-state index in [-0.39, 0.29) is 5.78 Å². The van der Waals surface area contributed by atoms with Gasteiger partial charge in [0.25, 0.3) is 0 Å². The van der Waals surface area contributed by atoms with Gasteiger partial charge in [0, 0.05) is 11.9 Å². The maximum Gasteiger partial charge on any atom is 0.184 e. The van der Waals surface area contributed by atoms with Crippen molar-refractivity contribution in [2.45, 2.75) is 6.42 Å². The molecule has 0 fully saturated rings. The molecule has 0 unspecified atom stereocenters. The number of carbonyl (C=O) groups excluding carboxylic acids is 1. The summed E-state index contributed by atoms with van der Waals surface area (Å²) in [5.41, 5.74) is 0.688. The second-order valence-electron chi connectivity index (χ2n) is 3.42. The number of halogens is 1. The monoisotopic (exact) mass is 269 g/mol. The van der Waals surface area contributed by atoms with Crippen molar-refractivity contribution < 1.29 is 9.63 Å². The lowest BCUT2D eigenvalue weighted by molar-refractivity contribution is -0.0576. The normalized spacial score (nSPS) is 15.9. The second kappa shape index (κ2) is 4.77. The summed E-state index contributed by atoms with van der Waals surface area (Å²) in [5.74, 6) is 0.801. The first-order chi connectivity index (χ1) is 7.31. The van der Waals surface area contributed by atoms with E-state index in [0.717, 1.165) is 18.3 Å². The Morgan fingerprint density at radius 2 is 2.20 bits per heavy atom. The first kappa shape index (κ1) is 10.6. The van der Waals surface area contributed by atoms with Crippen molar-refractivity contribution in [3.05, 3.63) is 29.8 Å². The molecule has 0 amide bonds. The predicted octanol–water partition coefficient (Wildman–Crippen LogP) is 2.26. The quantitative estimate of drug-likeness (QED) is 0.789. The minimum atomic E-state index is 0.131. The average Bonchev–Trinajstić information content (AvgIpc) is 2.26. The number of benzene rings is 1. The number of hydrogen-bond acceptors (Lipinski definition) is 3. The van der Waals surface area contributed by atoms with Crippen molar-refractivity contribution in [1.82, 2.24) is 5.06 Å². The molecule has 0 aromatic heterocycles. The van der Waals surface area contributed by atoms with E-state index in [0.29, 0.717) is 17.9 Å².